The third-order valence-electron chi connectivity index (χ3n) is 4.77. The topological polar surface area (TPSA) is 92.8 Å². The summed E-state index contributed by atoms with van der Waals surface area (Å²) in [6, 6.07) is 11.0. The minimum absolute atomic E-state index is 0.242. The van der Waals surface area contributed by atoms with Gasteiger partial charge in [-0.3, -0.25) is 9.10 Å². The maximum Gasteiger partial charge on any atom is 0.338 e. The van der Waals surface area contributed by atoms with Gasteiger partial charge in [-0.25, -0.2) is 13.2 Å². The van der Waals surface area contributed by atoms with Crippen LogP contribution in [0.2, 0.25) is 0 Å². The second kappa shape index (κ2) is 9.75. The van der Waals surface area contributed by atoms with Crippen molar-refractivity contribution < 1.29 is 22.7 Å². The number of rotatable bonds is 8. The Morgan fingerprint density at radius 3 is 2.27 bits per heavy atom. The van der Waals surface area contributed by atoms with Crippen molar-refractivity contribution in [2.75, 3.05) is 22.5 Å². The highest BCUT2D eigenvalue weighted by atomic mass is 32.2. The molecule has 2 rings (SSSR count). The van der Waals surface area contributed by atoms with Gasteiger partial charge in [-0.05, 0) is 62.6 Å². The smallest absolute Gasteiger partial charge is 0.338 e. The minimum Gasteiger partial charge on any atom is -0.462 e. The quantitative estimate of drug-likeness (QED) is 0.644. The molecule has 0 radical (unpaired) electrons. The zero-order valence-corrected chi connectivity index (χ0v) is 18.7. The van der Waals surface area contributed by atoms with Crippen LogP contribution in [0, 0.1) is 6.92 Å². The molecule has 0 aliphatic rings. The van der Waals surface area contributed by atoms with Crippen molar-refractivity contribution in [1.82, 2.24) is 0 Å². The monoisotopic (exact) mass is 432 g/mol. The molecule has 0 fully saturated rings. The van der Waals surface area contributed by atoms with Gasteiger partial charge in [0.2, 0.25) is 15.9 Å². The lowest BCUT2D eigenvalue weighted by atomic mass is 10.1. The highest BCUT2D eigenvalue weighted by Crippen LogP contribution is 2.24. The second-order valence-electron chi connectivity index (χ2n) is 6.94. The van der Waals surface area contributed by atoms with Gasteiger partial charge in [-0.2, -0.15) is 0 Å². The number of hydrogen-bond acceptors (Lipinski definition) is 5. The first-order valence-corrected chi connectivity index (χ1v) is 11.6. The van der Waals surface area contributed by atoms with Gasteiger partial charge < -0.3 is 10.1 Å². The molecule has 2 aromatic carbocycles. The summed E-state index contributed by atoms with van der Waals surface area (Å²) in [6.07, 6.45) is 1.89. The average molecular weight is 433 g/mol. The van der Waals surface area contributed by atoms with Gasteiger partial charge in [0.05, 0.1) is 24.1 Å². The van der Waals surface area contributed by atoms with Crippen molar-refractivity contribution in [1.29, 1.82) is 0 Å². The van der Waals surface area contributed by atoms with E-state index in [2.05, 4.69) is 5.32 Å². The molecule has 0 heterocycles. The van der Waals surface area contributed by atoms with Gasteiger partial charge in [0, 0.05) is 5.69 Å². The number of carbonyl (C=O) groups is 2. The maximum absolute atomic E-state index is 12.9. The molecule has 0 spiro atoms. The highest BCUT2D eigenvalue weighted by molar-refractivity contribution is 7.92. The van der Waals surface area contributed by atoms with E-state index in [1.807, 2.05) is 19.1 Å². The summed E-state index contributed by atoms with van der Waals surface area (Å²) in [6.45, 7) is 7.19. The number of esters is 1. The molecule has 0 saturated heterocycles. The van der Waals surface area contributed by atoms with Gasteiger partial charge in [0.25, 0.3) is 0 Å². The normalized spacial score (nSPS) is 12.2. The van der Waals surface area contributed by atoms with Crippen LogP contribution in [-0.2, 0) is 26.0 Å². The Balaban J connectivity index is 2.32. The second-order valence-corrected chi connectivity index (χ2v) is 8.80. The molecule has 1 unspecified atom stereocenters. The summed E-state index contributed by atoms with van der Waals surface area (Å²) in [4.78, 5) is 25.0. The van der Waals surface area contributed by atoms with E-state index in [4.69, 9.17) is 4.74 Å². The summed E-state index contributed by atoms with van der Waals surface area (Å²) >= 11 is 0. The maximum atomic E-state index is 12.9. The standard InChI is InChI=1S/C22H28N2O5S/c1-6-17-11-13-18(14-12-17)24(30(5,27)28)16(4)21(25)23-20-10-8-9-19(15(20)3)22(26)29-7-2/h8-14,16H,6-7H2,1-5H3,(H,23,25). The average Bonchev–Trinajstić information content (AvgIpc) is 2.69. The third-order valence-corrected chi connectivity index (χ3v) is 6.02. The van der Waals surface area contributed by atoms with Crippen molar-refractivity contribution in [3.63, 3.8) is 0 Å². The van der Waals surface area contributed by atoms with Crippen LogP contribution in [0.15, 0.2) is 42.5 Å². The number of sulfonamides is 1. The minimum atomic E-state index is -3.71. The van der Waals surface area contributed by atoms with Crippen molar-refractivity contribution in [3.05, 3.63) is 59.2 Å². The predicted molar refractivity (Wildman–Crippen MR) is 118 cm³/mol. The SMILES string of the molecule is CCOC(=O)c1cccc(NC(=O)C(C)N(c2ccc(CC)cc2)S(C)(=O)=O)c1C. The molecule has 0 bridgehead atoms. The summed E-state index contributed by atoms with van der Waals surface area (Å²) in [7, 11) is -3.71. The van der Waals surface area contributed by atoms with E-state index in [1.165, 1.54) is 6.92 Å². The van der Waals surface area contributed by atoms with Crippen molar-refractivity contribution in [3.8, 4) is 0 Å². The molecule has 1 amide bonds. The van der Waals surface area contributed by atoms with Gasteiger partial charge in [-0.15, -0.1) is 0 Å². The first-order valence-electron chi connectivity index (χ1n) is 9.76. The van der Waals surface area contributed by atoms with E-state index in [1.54, 1.807) is 44.2 Å². The number of aryl methyl sites for hydroxylation is 1. The molecule has 0 aliphatic carbocycles. The molecule has 1 N–H and O–H groups in total. The van der Waals surface area contributed by atoms with Gasteiger partial charge in [0.1, 0.15) is 6.04 Å². The van der Waals surface area contributed by atoms with Crippen LogP contribution >= 0.6 is 0 Å². The Hall–Kier alpha value is -2.87. The van der Waals surface area contributed by atoms with Crippen LogP contribution in [-0.4, -0.2) is 39.2 Å². The fourth-order valence-electron chi connectivity index (χ4n) is 3.13. The zero-order chi connectivity index (χ0) is 22.5. The Bertz CT molecular complexity index is 1020. The van der Waals surface area contributed by atoms with Crippen LogP contribution in [0.3, 0.4) is 0 Å². The number of ether oxygens (including phenoxy) is 1. The van der Waals surface area contributed by atoms with Crippen molar-refractivity contribution in [2.45, 2.75) is 40.2 Å². The van der Waals surface area contributed by atoms with Crippen molar-refractivity contribution >= 4 is 33.3 Å². The largest absolute Gasteiger partial charge is 0.462 e. The molecule has 0 aromatic heterocycles. The van der Waals surface area contributed by atoms with E-state index in [9.17, 15) is 18.0 Å². The van der Waals surface area contributed by atoms with Gasteiger partial charge in [0.15, 0.2) is 0 Å². The molecule has 2 aromatic rings. The Kier molecular flexibility index (Phi) is 7.61. The summed E-state index contributed by atoms with van der Waals surface area (Å²) in [5.74, 6) is -0.989. The van der Waals surface area contributed by atoms with Crippen LogP contribution < -0.4 is 9.62 Å². The van der Waals surface area contributed by atoms with Crippen LogP contribution in [0.1, 0.15) is 42.3 Å². The Morgan fingerprint density at radius 1 is 1.10 bits per heavy atom. The molecule has 0 aliphatic heterocycles. The number of anilines is 2. The molecular formula is C22H28N2O5S. The predicted octanol–water partition coefficient (Wildman–Crippen LogP) is 3.53. The lowest BCUT2D eigenvalue weighted by Crippen LogP contribution is -2.45. The van der Waals surface area contributed by atoms with Gasteiger partial charge in [-0.1, -0.05) is 25.1 Å². The van der Waals surface area contributed by atoms with Gasteiger partial charge >= 0.3 is 5.97 Å². The molecular weight excluding hydrogens is 404 g/mol. The third kappa shape index (κ3) is 5.38. The first kappa shape index (κ1) is 23.4. The molecule has 0 saturated carbocycles. The molecule has 7 nitrogen and oxygen atoms in total. The van der Waals surface area contributed by atoms with E-state index >= 15 is 0 Å². The lowest BCUT2D eigenvalue weighted by Gasteiger charge is -2.28. The van der Waals surface area contributed by atoms with Crippen LogP contribution in [0.25, 0.3) is 0 Å². The highest BCUT2D eigenvalue weighted by Gasteiger charge is 2.29. The molecule has 30 heavy (non-hydrogen) atoms. The van der Waals surface area contributed by atoms with E-state index in [-0.39, 0.29) is 6.61 Å². The number of amides is 1. The number of carbonyl (C=O) groups excluding carboxylic acids is 2. The number of benzene rings is 2. The molecule has 162 valence electrons. The van der Waals surface area contributed by atoms with Crippen LogP contribution in [0.5, 0.6) is 0 Å². The molecule has 1 atom stereocenters. The number of nitrogens with zero attached hydrogens (tertiary/aromatic N) is 1. The lowest BCUT2D eigenvalue weighted by molar-refractivity contribution is -0.116. The van der Waals surface area contributed by atoms with E-state index in [0.717, 1.165) is 22.5 Å². The fourth-order valence-corrected chi connectivity index (χ4v) is 4.30. The number of hydrogen-bond donors (Lipinski definition) is 1. The van der Waals surface area contributed by atoms with E-state index in [0.29, 0.717) is 22.5 Å². The Labute approximate surface area is 178 Å². The summed E-state index contributed by atoms with van der Waals surface area (Å²) < 4.78 is 31.0. The van der Waals surface area contributed by atoms with Crippen molar-refractivity contribution in [2.24, 2.45) is 0 Å². The zero-order valence-electron chi connectivity index (χ0n) is 17.9. The summed E-state index contributed by atoms with van der Waals surface area (Å²) in [5, 5.41) is 2.74. The van der Waals surface area contributed by atoms with Crippen LogP contribution in [0.4, 0.5) is 11.4 Å². The first-order chi connectivity index (χ1) is 14.1. The Morgan fingerprint density at radius 2 is 1.73 bits per heavy atom. The molecule has 8 heteroatoms. The fraction of sp³-hybridized carbons (Fsp3) is 0.364. The summed E-state index contributed by atoms with van der Waals surface area (Å²) in [5.41, 5.74) is 2.80. The van der Waals surface area contributed by atoms with E-state index < -0.39 is 27.9 Å². The number of nitrogens with one attached hydrogen (secondary N) is 1.